The molecule has 33 heavy (non-hydrogen) atoms. The van der Waals surface area contributed by atoms with Crippen LogP contribution < -0.4 is 0 Å². The Bertz CT molecular complexity index is 1090. The van der Waals surface area contributed by atoms with Crippen molar-refractivity contribution in [3.05, 3.63) is 47.1 Å². The van der Waals surface area contributed by atoms with Gasteiger partial charge in [-0.25, -0.2) is 0 Å². The molecule has 0 heterocycles. The molecule has 0 N–H and O–H groups in total. The molecule has 176 valence electrons. The molecule has 2 heteroatoms. The zero-order chi connectivity index (χ0) is 23.6. The number of ketones is 2. The first kappa shape index (κ1) is 21.8. The summed E-state index contributed by atoms with van der Waals surface area (Å²) >= 11 is 0. The first-order valence-electron chi connectivity index (χ1n) is 13.3. The smallest absolute Gasteiger partial charge is 0.165 e. The molecule has 6 aliphatic rings. The Morgan fingerprint density at radius 2 is 1.36 bits per heavy atom. The summed E-state index contributed by atoms with van der Waals surface area (Å²) in [4.78, 5) is 26.9. The Hall–Kier alpha value is -1.70. The van der Waals surface area contributed by atoms with Gasteiger partial charge in [-0.1, -0.05) is 65.8 Å². The average molecular weight is 445 g/mol. The van der Waals surface area contributed by atoms with Crippen molar-refractivity contribution in [2.75, 3.05) is 0 Å². The van der Waals surface area contributed by atoms with Crippen LogP contribution in [0.25, 0.3) is 0 Å². The molecule has 0 aliphatic heterocycles. The average Bonchev–Trinajstić information content (AvgIpc) is 3.40. The molecular weight excluding hydrogens is 404 g/mol. The van der Waals surface area contributed by atoms with Crippen LogP contribution in [0.2, 0.25) is 0 Å². The molecule has 6 atom stereocenters. The van der Waals surface area contributed by atoms with Crippen LogP contribution in [0.3, 0.4) is 0 Å². The topological polar surface area (TPSA) is 34.1 Å². The number of carbonyl (C=O) groups excluding carboxylic acids is 2. The van der Waals surface area contributed by atoms with E-state index >= 15 is 0 Å². The Balaban J connectivity index is 1.24. The van der Waals surface area contributed by atoms with Crippen LogP contribution >= 0.6 is 0 Å². The van der Waals surface area contributed by atoms with E-state index in [0.717, 1.165) is 43.3 Å². The van der Waals surface area contributed by atoms with Crippen molar-refractivity contribution in [2.45, 2.75) is 86.5 Å². The lowest BCUT2D eigenvalue weighted by molar-refractivity contribution is -0.133. The van der Waals surface area contributed by atoms with Crippen LogP contribution in [-0.2, 0) is 9.59 Å². The maximum atomic E-state index is 13.5. The summed E-state index contributed by atoms with van der Waals surface area (Å²) in [5, 5.41) is 0. The first-order valence-corrected chi connectivity index (χ1v) is 13.3. The van der Waals surface area contributed by atoms with Gasteiger partial charge in [0, 0.05) is 16.2 Å². The van der Waals surface area contributed by atoms with Gasteiger partial charge in [-0.05, 0) is 96.3 Å². The van der Waals surface area contributed by atoms with E-state index in [0.29, 0.717) is 29.3 Å². The number of rotatable bonds is 2. The number of hydrogen-bond donors (Lipinski definition) is 0. The Morgan fingerprint density at radius 3 is 1.94 bits per heavy atom. The molecule has 0 saturated heterocycles. The van der Waals surface area contributed by atoms with E-state index in [9.17, 15) is 9.59 Å². The van der Waals surface area contributed by atoms with Crippen molar-refractivity contribution in [1.29, 1.82) is 0 Å². The maximum absolute atomic E-state index is 13.5. The molecule has 0 aromatic rings. The second kappa shape index (κ2) is 6.29. The minimum atomic E-state index is -0.209. The fraction of sp³-hybridized carbons (Fsp3) is 0.677. The van der Waals surface area contributed by atoms with E-state index in [1.165, 1.54) is 18.4 Å². The predicted molar refractivity (Wildman–Crippen MR) is 132 cm³/mol. The van der Waals surface area contributed by atoms with Crippen molar-refractivity contribution >= 4 is 11.6 Å². The highest BCUT2D eigenvalue weighted by atomic mass is 16.1. The van der Waals surface area contributed by atoms with Gasteiger partial charge in [-0.2, -0.15) is 0 Å². The fourth-order valence-corrected chi connectivity index (χ4v) is 8.50. The minimum Gasteiger partial charge on any atom is -0.294 e. The molecule has 6 unspecified atom stereocenters. The Morgan fingerprint density at radius 1 is 0.818 bits per heavy atom. The van der Waals surface area contributed by atoms with Crippen molar-refractivity contribution in [3.8, 4) is 0 Å². The van der Waals surface area contributed by atoms with Crippen molar-refractivity contribution in [3.63, 3.8) is 0 Å². The second-order valence-corrected chi connectivity index (χ2v) is 13.9. The lowest BCUT2D eigenvalue weighted by atomic mass is 9.57. The number of carbonyl (C=O) groups is 2. The summed E-state index contributed by atoms with van der Waals surface area (Å²) in [6.45, 7) is 13.6. The highest BCUT2D eigenvalue weighted by Crippen LogP contribution is 2.65. The number of allylic oxidation sites excluding steroid dienone is 8. The van der Waals surface area contributed by atoms with E-state index in [1.807, 2.05) is 0 Å². The molecule has 4 bridgehead atoms. The third kappa shape index (κ3) is 2.62. The highest BCUT2D eigenvalue weighted by Gasteiger charge is 2.61. The van der Waals surface area contributed by atoms with Gasteiger partial charge < -0.3 is 0 Å². The molecule has 5 saturated carbocycles. The summed E-state index contributed by atoms with van der Waals surface area (Å²) in [6.07, 6.45) is 18.9. The van der Waals surface area contributed by atoms with E-state index in [1.54, 1.807) is 0 Å². The lowest BCUT2D eigenvalue weighted by Crippen LogP contribution is -2.45. The molecule has 2 nitrogen and oxygen atoms in total. The summed E-state index contributed by atoms with van der Waals surface area (Å²) in [5.41, 5.74) is 3.17. The van der Waals surface area contributed by atoms with Gasteiger partial charge in [0.05, 0.1) is 0 Å². The van der Waals surface area contributed by atoms with E-state index in [-0.39, 0.29) is 27.1 Å². The van der Waals surface area contributed by atoms with Crippen LogP contribution in [0.15, 0.2) is 47.1 Å². The van der Waals surface area contributed by atoms with Crippen molar-refractivity contribution < 1.29 is 9.59 Å². The second-order valence-electron chi connectivity index (χ2n) is 13.9. The number of hydrogen-bond acceptors (Lipinski definition) is 2. The van der Waals surface area contributed by atoms with Gasteiger partial charge >= 0.3 is 0 Å². The zero-order valence-corrected chi connectivity index (χ0v) is 21.4. The van der Waals surface area contributed by atoms with Crippen molar-refractivity contribution in [2.24, 2.45) is 44.8 Å². The molecule has 5 fully saturated rings. The van der Waals surface area contributed by atoms with Crippen LogP contribution in [0.1, 0.15) is 86.5 Å². The van der Waals surface area contributed by atoms with Crippen molar-refractivity contribution in [1.82, 2.24) is 0 Å². The maximum Gasteiger partial charge on any atom is 0.165 e. The van der Waals surface area contributed by atoms with E-state index in [2.05, 4.69) is 71.9 Å². The highest BCUT2D eigenvalue weighted by molar-refractivity contribution is 6.03. The van der Waals surface area contributed by atoms with Gasteiger partial charge in [0.15, 0.2) is 11.6 Å². The normalized spacial score (nSPS) is 48.9. The van der Waals surface area contributed by atoms with E-state index < -0.39 is 0 Å². The Labute approximate surface area is 199 Å². The summed E-state index contributed by atoms with van der Waals surface area (Å²) in [5.74, 6) is 2.50. The lowest BCUT2D eigenvalue weighted by Gasteiger charge is -2.45. The van der Waals surface area contributed by atoms with Gasteiger partial charge in [0.25, 0.3) is 0 Å². The van der Waals surface area contributed by atoms with Crippen LogP contribution in [-0.4, -0.2) is 11.6 Å². The summed E-state index contributed by atoms with van der Waals surface area (Å²) in [7, 11) is 0. The third-order valence-electron chi connectivity index (χ3n) is 12.3. The largest absolute Gasteiger partial charge is 0.294 e. The Kier molecular flexibility index (Phi) is 4.16. The molecule has 6 rings (SSSR count). The zero-order valence-electron chi connectivity index (χ0n) is 21.4. The molecule has 0 aromatic heterocycles. The fourth-order valence-electron chi connectivity index (χ4n) is 8.50. The molecule has 6 aliphatic carbocycles. The molecule has 0 spiro atoms. The predicted octanol–water partition coefficient (Wildman–Crippen LogP) is 7.17. The third-order valence-corrected chi connectivity index (χ3v) is 12.3. The standard InChI is InChI=1S/C31H40O2/c1-27(2)22-8-10-29(27,5)25(32)20(15-22)13-19-7-12-31(18-24(31)14-19)17-21-16-23-9-11-30(6,26(21)33)28(23,3)4/h7,12-14,17,22-24H,8-11,15-16,18H2,1-6H3/b20-13+,21-17+. The molecule has 0 aromatic carbocycles. The quantitative estimate of drug-likeness (QED) is 0.423. The van der Waals surface area contributed by atoms with Gasteiger partial charge in [-0.3, -0.25) is 9.59 Å². The monoisotopic (exact) mass is 444 g/mol. The number of Topliss-reactive ketones (excluding diaryl/α,β-unsaturated/α-hetero) is 2. The van der Waals surface area contributed by atoms with Gasteiger partial charge in [-0.15, -0.1) is 0 Å². The number of fused-ring (bicyclic) bond motifs is 5. The van der Waals surface area contributed by atoms with Gasteiger partial charge in [0.2, 0.25) is 0 Å². The summed E-state index contributed by atoms with van der Waals surface area (Å²) in [6, 6.07) is 0. The van der Waals surface area contributed by atoms with Gasteiger partial charge in [0.1, 0.15) is 0 Å². The van der Waals surface area contributed by atoms with Crippen LogP contribution in [0.5, 0.6) is 0 Å². The van der Waals surface area contributed by atoms with Crippen LogP contribution in [0.4, 0.5) is 0 Å². The molecule has 0 amide bonds. The summed E-state index contributed by atoms with van der Waals surface area (Å²) < 4.78 is 0. The first-order chi connectivity index (χ1) is 15.3. The van der Waals surface area contributed by atoms with E-state index in [4.69, 9.17) is 0 Å². The SMILES string of the molecule is CC12CCC(C/C(=C\C3=CC4CC4(/C=C4\CC5CCC(C)(C4=O)C5(C)C)C=C3)C1=O)C2(C)C. The van der Waals surface area contributed by atoms with Crippen LogP contribution in [0, 0.1) is 44.8 Å². The minimum absolute atomic E-state index is 0.0356. The molecular formula is C31H40O2. The molecule has 0 radical (unpaired) electrons.